The van der Waals surface area contributed by atoms with Crippen molar-refractivity contribution >= 4 is 41.0 Å². The third-order valence-corrected chi connectivity index (χ3v) is 6.45. The number of hydrogen-bond acceptors (Lipinski definition) is 5. The van der Waals surface area contributed by atoms with Gasteiger partial charge in [0.1, 0.15) is 6.04 Å². The van der Waals surface area contributed by atoms with Gasteiger partial charge in [-0.3, -0.25) is 19.3 Å². The lowest BCUT2D eigenvalue weighted by Crippen LogP contribution is -2.48. The predicted octanol–water partition coefficient (Wildman–Crippen LogP) is 3.69. The van der Waals surface area contributed by atoms with Crippen molar-refractivity contribution in [3.05, 3.63) is 76.8 Å². The molecule has 2 aromatic carbocycles. The van der Waals surface area contributed by atoms with Gasteiger partial charge in [0.15, 0.2) is 6.61 Å². The fourth-order valence-corrected chi connectivity index (χ4v) is 4.57. The molecular formula is C26H25ClN2O5. The first kappa shape index (κ1) is 23.7. The molecule has 3 amide bonds. The predicted molar refractivity (Wildman–Crippen MR) is 127 cm³/mol. The van der Waals surface area contributed by atoms with Crippen molar-refractivity contribution in [1.29, 1.82) is 0 Å². The second-order valence-electron chi connectivity index (χ2n) is 8.52. The van der Waals surface area contributed by atoms with Crippen LogP contribution in [0, 0.1) is 18.8 Å². The highest BCUT2D eigenvalue weighted by Crippen LogP contribution is 2.36. The summed E-state index contributed by atoms with van der Waals surface area (Å²) >= 11 is 5.99. The number of ether oxygens (including phenoxy) is 1. The van der Waals surface area contributed by atoms with Crippen LogP contribution in [0.25, 0.3) is 0 Å². The van der Waals surface area contributed by atoms with E-state index in [0.717, 1.165) is 16.0 Å². The van der Waals surface area contributed by atoms with E-state index in [1.807, 2.05) is 49.4 Å². The quantitative estimate of drug-likeness (QED) is 0.370. The molecular weight excluding hydrogens is 456 g/mol. The van der Waals surface area contributed by atoms with Crippen molar-refractivity contribution in [2.45, 2.75) is 32.2 Å². The fraction of sp³-hybridized carbons (Fsp3) is 0.308. The van der Waals surface area contributed by atoms with E-state index >= 15 is 0 Å². The molecule has 8 heteroatoms. The minimum Gasteiger partial charge on any atom is -0.454 e. The van der Waals surface area contributed by atoms with Gasteiger partial charge < -0.3 is 10.1 Å². The van der Waals surface area contributed by atoms with Crippen LogP contribution in [0.5, 0.6) is 0 Å². The SMILES string of the molecule is Cc1ccc(Cl)cc1NC(=O)COC(=O)[C@H](Cc1ccccc1)N1C(=O)[C@@H]2CC=CC[C@H]2C1=O. The normalized spacial score (nSPS) is 20.1. The number of imide groups is 1. The largest absolute Gasteiger partial charge is 0.454 e. The summed E-state index contributed by atoms with van der Waals surface area (Å²) in [4.78, 5) is 52.8. The van der Waals surface area contributed by atoms with Crippen LogP contribution >= 0.6 is 11.6 Å². The summed E-state index contributed by atoms with van der Waals surface area (Å²) in [7, 11) is 0. The number of likely N-dealkylation sites (tertiary alicyclic amines) is 1. The molecule has 176 valence electrons. The van der Waals surface area contributed by atoms with Crippen molar-refractivity contribution in [1.82, 2.24) is 4.90 Å². The second kappa shape index (κ2) is 10.2. The lowest BCUT2D eigenvalue weighted by molar-refractivity contribution is -0.159. The number of halogens is 1. The number of nitrogens with one attached hydrogen (secondary N) is 1. The molecule has 0 radical (unpaired) electrons. The van der Waals surface area contributed by atoms with Gasteiger partial charge >= 0.3 is 5.97 Å². The van der Waals surface area contributed by atoms with Gasteiger partial charge in [0.05, 0.1) is 11.8 Å². The number of hydrogen-bond donors (Lipinski definition) is 1. The zero-order chi connectivity index (χ0) is 24.2. The van der Waals surface area contributed by atoms with Crippen molar-refractivity contribution in [2.24, 2.45) is 11.8 Å². The monoisotopic (exact) mass is 480 g/mol. The first-order valence-corrected chi connectivity index (χ1v) is 11.5. The zero-order valence-corrected chi connectivity index (χ0v) is 19.5. The number of carbonyl (C=O) groups is 4. The van der Waals surface area contributed by atoms with Crippen LogP contribution in [0.4, 0.5) is 5.69 Å². The standard InChI is InChI=1S/C26H25ClN2O5/c1-16-11-12-18(27)14-21(16)28-23(30)15-34-26(33)22(13-17-7-3-2-4-8-17)29-24(31)19-9-5-6-10-20(19)25(29)32/h2-8,11-12,14,19-20,22H,9-10,13,15H2,1H3,(H,28,30)/t19-,20-,22+/m1/s1. The van der Waals surface area contributed by atoms with Gasteiger partial charge in [-0.05, 0) is 43.0 Å². The van der Waals surface area contributed by atoms with Gasteiger partial charge in [0.25, 0.3) is 5.91 Å². The van der Waals surface area contributed by atoms with Gasteiger partial charge in [-0.15, -0.1) is 0 Å². The Kier molecular flexibility index (Phi) is 7.12. The van der Waals surface area contributed by atoms with Crippen molar-refractivity contribution in [3.8, 4) is 0 Å². The van der Waals surface area contributed by atoms with E-state index < -0.39 is 36.4 Å². The molecule has 34 heavy (non-hydrogen) atoms. The highest BCUT2D eigenvalue weighted by atomic mass is 35.5. The Morgan fingerprint density at radius 1 is 1.06 bits per heavy atom. The number of fused-ring (bicyclic) bond motifs is 1. The summed E-state index contributed by atoms with van der Waals surface area (Å²) in [5.74, 6) is -2.99. The topological polar surface area (TPSA) is 92.8 Å². The van der Waals surface area contributed by atoms with Crippen LogP contribution in [0.2, 0.25) is 5.02 Å². The molecule has 0 bridgehead atoms. The maximum atomic E-state index is 13.1. The number of amides is 3. The highest BCUT2D eigenvalue weighted by molar-refractivity contribution is 6.31. The molecule has 2 aromatic rings. The Hall–Kier alpha value is -3.45. The minimum atomic E-state index is -1.14. The van der Waals surface area contributed by atoms with Gasteiger partial charge in [-0.25, -0.2) is 4.79 Å². The maximum Gasteiger partial charge on any atom is 0.330 e. The first-order valence-electron chi connectivity index (χ1n) is 11.1. The number of allylic oxidation sites excluding steroid dienone is 2. The van der Waals surface area contributed by atoms with Crippen LogP contribution in [0.15, 0.2) is 60.7 Å². The Balaban J connectivity index is 1.49. The van der Waals surface area contributed by atoms with E-state index in [1.54, 1.807) is 18.2 Å². The lowest BCUT2D eigenvalue weighted by Gasteiger charge is -2.25. The Labute approximate surface area is 202 Å². The third-order valence-electron chi connectivity index (χ3n) is 6.22. The van der Waals surface area contributed by atoms with Gasteiger partial charge in [-0.1, -0.05) is 60.2 Å². The minimum absolute atomic E-state index is 0.110. The first-order chi connectivity index (χ1) is 16.3. The van der Waals surface area contributed by atoms with E-state index in [9.17, 15) is 19.2 Å². The molecule has 0 aromatic heterocycles. The number of benzene rings is 2. The van der Waals surface area contributed by atoms with E-state index in [1.165, 1.54) is 0 Å². The smallest absolute Gasteiger partial charge is 0.330 e. The number of anilines is 1. The number of esters is 1. The van der Waals surface area contributed by atoms with E-state index in [-0.39, 0.29) is 18.2 Å². The number of nitrogens with zero attached hydrogens (tertiary/aromatic N) is 1. The molecule has 4 rings (SSSR count). The van der Waals surface area contributed by atoms with Crippen LogP contribution in [-0.4, -0.2) is 41.2 Å². The summed E-state index contributed by atoms with van der Waals surface area (Å²) in [6.07, 6.45) is 4.84. The van der Waals surface area contributed by atoms with Crippen LogP contribution in [-0.2, 0) is 30.3 Å². The second-order valence-corrected chi connectivity index (χ2v) is 8.96. The number of carbonyl (C=O) groups excluding carboxylic acids is 4. The molecule has 2 aliphatic rings. The van der Waals surface area contributed by atoms with Gasteiger partial charge in [-0.2, -0.15) is 0 Å². The van der Waals surface area contributed by atoms with E-state index in [2.05, 4.69) is 5.32 Å². The van der Waals surface area contributed by atoms with E-state index in [4.69, 9.17) is 16.3 Å². The lowest BCUT2D eigenvalue weighted by atomic mass is 9.85. The van der Waals surface area contributed by atoms with Gasteiger partial charge in [0, 0.05) is 17.1 Å². The Morgan fingerprint density at radius 2 is 1.71 bits per heavy atom. The summed E-state index contributed by atoms with van der Waals surface area (Å²) in [6.45, 7) is 1.26. The van der Waals surface area contributed by atoms with Crippen molar-refractivity contribution in [3.63, 3.8) is 0 Å². The van der Waals surface area contributed by atoms with Crippen LogP contribution in [0.1, 0.15) is 24.0 Å². The van der Waals surface area contributed by atoms with Crippen molar-refractivity contribution in [2.75, 3.05) is 11.9 Å². The molecule has 1 fully saturated rings. The summed E-state index contributed by atoms with van der Waals surface area (Å²) in [6, 6.07) is 13.0. The summed E-state index contributed by atoms with van der Waals surface area (Å²) in [5.41, 5.74) is 2.09. The molecule has 1 saturated heterocycles. The molecule has 1 N–H and O–H groups in total. The molecule has 0 saturated carbocycles. The Bertz CT molecular complexity index is 1120. The number of aryl methyl sites for hydroxylation is 1. The molecule has 7 nitrogen and oxygen atoms in total. The van der Waals surface area contributed by atoms with Crippen molar-refractivity contribution < 1.29 is 23.9 Å². The third kappa shape index (κ3) is 5.04. The Morgan fingerprint density at radius 3 is 2.35 bits per heavy atom. The van der Waals surface area contributed by atoms with Gasteiger partial charge in [0.2, 0.25) is 11.8 Å². The zero-order valence-electron chi connectivity index (χ0n) is 18.7. The molecule has 1 aliphatic heterocycles. The highest BCUT2D eigenvalue weighted by Gasteiger charge is 2.51. The summed E-state index contributed by atoms with van der Waals surface area (Å²) < 4.78 is 5.30. The maximum absolute atomic E-state index is 13.1. The van der Waals surface area contributed by atoms with E-state index in [0.29, 0.717) is 23.6 Å². The molecule has 3 atom stereocenters. The molecule has 1 heterocycles. The van der Waals surface area contributed by atoms with Crippen LogP contribution in [0.3, 0.4) is 0 Å². The molecule has 0 spiro atoms. The average Bonchev–Trinajstić information content (AvgIpc) is 3.09. The fourth-order valence-electron chi connectivity index (χ4n) is 4.40. The van der Waals surface area contributed by atoms with Crippen LogP contribution < -0.4 is 5.32 Å². The molecule has 0 unspecified atom stereocenters. The number of rotatable bonds is 7. The molecule has 1 aliphatic carbocycles. The average molecular weight is 481 g/mol. The summed E-state index contributed by atoms with van der Waals surface area (Å²) in [5, 5.41) is 3.13.